The fourth-order valence-electron chi connectivity index (χ4n) is 0.798. The maximum Gasteiger partial charge on any atom is -0.0348 e. The Balaban J connectivity index is 3.02. The molecule has 0 aliphatic carbocycles. The smallest absolute Gasteiger partial charge is 0.0348 e. The van der Waals surface area contributed by atoms with Gasteiger partial charge in [-0.3, -0.25) is 0 Å². The van der Waals surface area contributed by atoms with Crippen LogP contribution in [0, 0.1) is 0 Å². The second-order valence-electron chi connectivity index (χ2n) is 2.45. The van der Waals surface area contributed by atoms with Crippen LogP contribution in [0.25, 0.3) is 0 Å². The van der Waals surface area contributed by atoms with Crippen molar-refractivity contribution in [2.24, 2.45) is 0 Å². The average molecular weight is 138 g/mol. The largest absolute Gasteiger partial charge is 0.0877 e. The number of allylic oxidation sites excluding steroid dienone is 4. The number of hydrogen-bond acceptors (Lipinski definition) is 0. The summed E-state index contributed by atoms with van der Waals surface area (Å²) in [7, 11) is 0. The lowest BCUT2D eigenvalue weighted by molar-refractivity contribution is 0.729. The summed E-state index contributed by atoms with van der Waals surface area (Å²) in [6.45, 7) is 4.27. The molecule has 10 heavy (non-hydrogen) atoms. The summed E-state index contributed by atoms with van der Waals surface area (Å²) in [5.41, 5.74) is 0. The zero-order valence-corrected chi connectivity index (χ0v) is 7.14. The lowest BCUT2D eigenvalue weighted by atomic mass is 10.2. The fourth-order valence-corrected chi connectivity index (χ4v) is 0.798. The van der Waals surface area contributed by atoms with E-state index in [0.717, 1.165) is 0 Å². The SMILES string of the molecule is C/C=C\C=CCCCCC. The van der Waals surface area contributed by atoms with Crippen LogP contribution in [0.15, 0.2) is 24.3 Å². The topological polar surface area (TPSA) is 0 Å². The molecule has 0 aliphatic rings. The number of rotatable bonds is 5. The Morgan fingerprint density at radius 2 is 1.90 bits per heavy atom. The third-order valence-corrected chi connectivity index (χ3v) is 1.41. The highest BCUT2D eigenvalue weighted by molar-refractivity contribution is 5.00. The number of hydrogen-bond donors (Lipinski definition) is 0. The molecule has 0 N–H and O–H groups in total. The van der Waals surface area contributed by atoms with Crippen LogP contribution in [0.3, 0.4) is 0 Å². The lowest BCUT2D eigenvalue weighted by Gasteiger charge is -1.89. The fraction of sp³-hybridized carbons (Fsp3) is 0.600. The van der Waals surface area contributed by atoms with Crippen molar-refractivity contribution in [1.82, 2.24) is 0 Å². The van der Waals surface area contributed by atoms with E-state index in [1.54, 1.807) is 0 Å². The summed E-state index contributed by atoms with van der Waals surface area (Å²) < 4.78 is 0. The highest BCUT2D eigenvalue weighted by Crippen LogP contribution is 1.99. The van der Waals surface area contributed by atoms with Gasteiger partial charge in [-0.1, -0.05) is 44.1 Å². The van der Waals surface area contributed by atoms with E-state index in [1.807, 2.05) is 6.92 Å². The molecular weight excluding hydrogens is 120 g/mol. The van der Waals surface area contributed by atoms with Crippen molar-refractivity contribution in [2.75, 3.05) is 0 Å². The van der Waals surface area contributed by atoms with Crippen molar-refractivity contribution in [3.05, 3.63) is 24.3 Å². The maximum absolute atomic E-state index is 2.23. The maximum atomic E-state index is 2.23. The quantitative estimate of drug-likeness (QED) is 0.401. The van der Waals surface area contributed by atoms with Gasteiger partial charge in [0.2, 0.25) is 0 Å². The molecule has 0 nitrogen and oxygen atoms in total. The van der Waals surface area contributed by atoms with Gasteiger partial charge in [-0.2, -0.15) is 0 Å². The van der Waals surface area contributed by atoms with E-state index in [2.05, 4.69) is 31.2 Å². The Bertz CT molecular complexity index is 98.6. The van der Waals surface area contributed by atoms with E-state index in [1.165, 1.54) is 25.7 Å². The molecule has 0 saturated carbocycles. The van der Waals surface area contributed by atoms with E-state index in [-0.39, 0.29) is 0 Å². The van der Waals surface area contributed by atoms with Gasteiger partial charge in [0.05, 0.1) is 0 Å². The van der Waals surface area contributed by atoms with Crippen LogP contribution in [0.2, 0.25) is 0 Å². The standard InChI is InChI=1S/C10H18/c1-3-5-7-9-10-8-6-4-2/h3,5,7,9H,4,6,8,10H2,1-2H3/b5-3-,9-7?. The summed E-state index contributed by atoms with van der Waals surface area (Å²) in [5.74, 6) is 0. The third kappa shape index (κ3) is 7.48. The van der Waals surface area contributed by atoms with Crippen molar-refractivity contribution in [3.8, 4) is 0 Å². The Hall–Kier alpha value is -0.520. The first-order valence-corrected chi connectivity index (χ1v) is 4.19. The summed E-state index contributed by atoms with van der Waals surface area (Å²) in [6.07, 6.45) is 13.7. The van der Waals surface area contributed by atoms with Crippen LogP contribution >= 0.6 is 0 Å². The van der Waals surface area contributed by atoms with Crippen LogP contribution in [0.4, 0.5) is 0 Å². The van der Waals surface area contributed by atoms with Crippen molar-refractivity contribution in [2.45, 2.75) is 39.5 Å². The first kappa shape index (κ1) is 9.48. The zero-order chi connectivity index (χ0) is 7.66. The second kappa shape index (κ2) is 8.48. The van der Waals surface area contributed by atoms with Gasteiger partial charge in [-0.15, -0.1) is 0 Å². The first-order valence-electron chi connectivity index (χ1n) is 4.19. The zero-order valence-electron chi connectivity index (χ0n) is 7.14. The highest BCUT2D eigenvalue weighted by Gasteiger charge is 1.79. The van der Waals surface area contributed by atoms with E-state index < -0.39 is 0 Å². The predicted molar refractivity (Wildman–Crippen MR) is 48.1 cm³/mol. The van der Waals surface area contributed by atoms with Gasteiger partial charge in [-0.05, 0) is 19.8 Å². The third-order valence-electron chi connectivity index (χ3n) is 1.41. The minimum Gasteiger partial charge on any atom is -0.0877 e. The Morgan fingerprint density at radius 3 is 2.50 bits per heavy atom. The van der Waals surface area contributed by atoms with E-state index >= 15 is 0 Å². The molecule has 0 radical (unpaired) electrons. The minimum absolute atomic E-state index is 1.23. The van der Waals surface area contributed by atoms with Gasteiger partial charge >= 0.3 is 0 Å². The monoisotopic (exact) mass is 138 g/mol. The second-order valence-corrected chi connectivity index (χ2v) is 2.45. The predicted octanol–water partition coefficient (Wildman–Crippen LogP) is 3.70. The molecule has 0 aromatic rings. The molecule has 0 rings (SSSR count). The molecule has 0 aliphatic heterocycles. The molecule has 0 heteroatoms. The van der Waals surface area contributed by atoms with Crippen molar-refractivity contribution < 1.29 is 0 Å². The minimum atomic E-state index is 1.23. The molecule has 0 saturated heterocycles. The number of unbranched alkanes of at least 4 members (excludes halogenated alkanes) is 3. The molecule has 0 amide bonds. The van der Waals surface area contributed by atoms with E-state index in [9.17, 15) is 0 Å². The molecule has 0 aromatic carbocycles. The van der Waals surface area contributed by atoms with Gasteiger partial charge in [-0.25, -0.2) is 0 Å². The van der Waals surface area contributed by atoms with Crippen LogP contribution in [0.1, 0.15) is 39.5 Å². The molecular formula is C10H18. The average Bonchev–Trinajstić information content (AvgIpc) is 1.97. The molecule has 0 atom stereocenters. The highest BCUT2D eigenvalue weighted by atomic mass is 13.9. The Kier molecular flexibility index (Phi) is 8.04. The summed E-state index contributed by atoms with van der Waals surface area (Å²) in [5, 5.41) is 0. The van der Waals surface area contributed by atoms with Gasteiger partial charge in [0, 0.05) is 0 Å². The molecule has 58 valence electrons. The van der Waals surface area contributed by atoms with Crippen LogP contribution < -0.4 is 0 Å². The Morgan fingerprint density at radius 1 is 1.10 bits per heavy atom. The van der Waals surface area contributed by atoms with Crippen molar-refractivity contribution in [3.63, 3.8) is 0 Å². The van der Waals surface area contributed by atoms with Gasteiger partial charge < -0.3 is 0 Å². The van der Waals surface area contributed by atoms with Gasteiger partial charge in [0.15, 0.2) is 0 Å². The molecule has 0 heterocycles. The first-order chi connectivity index (χ1) is 4.91. The van der Waals surface area contributed by atoms with Crippen molar-refractivity contribution in [1.29, 1.82) is 0 Å². The molecule has 0 fully saturated rings. The molecule has 0 aromatic heterocycles. The molecule has 0 spiro atoms. The lowest BCUT2D eigenvalue weighted by Crippen LogP contribution is -1.69. The summed E-state index contributed by atoms with van der Waals surface area (Å²) >= 11 is 0. The molecule has 0 bridgehead atoms. The van der Waals surface area contributed by atoms with Crippen LogP contribution in [-0.4, -0.2) is 0 Å². The van der Waals surface area contributed by atoms with Gasteiger partial charge in [0.25, 0.3) is 0 Å². The normalized spacial score (nSPS) is 11.8. The van der Waals surface area contributed by atoms with E-state index in [4.69, 9.17) is 0 Å². The van der Waals surface area contributed by atoms with Gasteiger partial charge in [0.1, 0.15) is 0 Å². The Labute approximate surface area is 64.6 Å². The summed E-state index contributed by atoms with van der Waals surface area (Å²) in [4.78, 5) is 0. The summed E-state index contributed by atoms with van der Waals surface area (Å²) in [6, 6.07) is 0. The molecule has 0 unspecified atom stereocenters. The van der Waals surface area contributed by atoms with Crippen LogP contribution in [0.5, 0.6) is 0 Å². The van der Waals surface area contributed by atoms with Crippen molar-refractivity contribution >= 4 is 0 Å². The van der Waals surface area contributed by atoms with Crippen LogP contribution in [-0.2, 0) is 0 Å². The van der Waals surface area contributed by atoms with E-state index in [0.29, 0.717) is 0 Å².